The third-order valence-corrected chi connectivity index (χ3v) is 4.81. The molecule has 0 spiro atoms. The van der Waals surface area contributed by atoms with Gasteiger partial charge in [-0.05, 0) is 58.8 Å². The van der Waals surface area contributed by atoms with Crippen molar-refractivity contribution in [1.82, 2.24) is 15.4 Å². The molecule has 0 amide bonds. The smallest absolute Gasteiger partial charge is 0.116 e. The molecule has 0 bridgehead atoms. The molecule has 1 aromatic heterocycles. The average Bonchev–Trinajstić information content (AvgIpc) is 2.91. The van der Waals surface area contributed by atoms with Crippen LogP contribution in [0.1, 0.15) is 30.4 Å². The van der Waals surface area contributed by atoms with Crippen molar-refractivity contribution < 1.29 is 0 Å². The minimum absolute atomic E-state index is 0.690. The highest BCUT2D eigenvalue weighted by Crippen LogP contribution is 2.48. The number of allylic oxidation sites excluding steroid dienone is 2. The van der Waals surface area contributed by atoms with E-state index in [2.05, 4.69) is 43.5 Å². The summed E-state index contributed by atoms with van der Waals surface area (Å²) in [6.07, 6.45) is 4.91. The molecule has 4 rings (SSSR count). The van der Waals surface area contributed by atoms with Gasteiger partial charge in [0.15, 0.2) is 0 Å². The molecule has 2 aliphatic rings. The maximum Gasteiger partial charge on any atom is 0.116 e. The first-order valence-corrected chi connectivity index (χ1v) is 6.85. The molecule has 1 atom stereocenters. The molecule has 2 aliphatic carbocycles. The zero-order valence-corrected chi connectivity index (χ0v) is 10.9. The maximum absolute atomic E-state index is 4.30. The van der Waals surface area contributed by atoms with Gasteiger partial charge < -0.3 is 0 Å². The third-order valence-electron chi connectivity index (χ3n) is 3.98. The Morgan fingerprint density at radius 3 is 3.18 bits per heavy atom. The number of benzene rings is 1. The van der Waals surface area contributed by atoms with Gasteiger partial charge in [0, 0.05) is 0 Å². The molecule has 0 fully saturated rings. The van der Waals surface area contributed by atoms with E-state index in [-0.39, 0.29) is 0 Å². The Labute approximate surface area is 107 Å². The summed E-state index contributed by atoms with van der Waals surface area (Å²) in [5.41, 5.74) is 6.35. The van der Waals surface area contributed by atoms with Crippen molar-refractivity contribution in [2.45, 2.75) is 25.7 Å². The van der Waals surface area contributed by atoms with Crippen molar-refractivity contribution in [3.63, 3.8) is 0 Å². The van der Waals surface area contributed by atoms with Gasteiger partial charge in [0.05, 0.1) is 0 Å². The van der Waals surface area contributed by atoms with Gasteiger partial charge in [-0.1, -0.05) is 22.0 Å². The molecular weight excluding hydrogens is 278 g/mol. The molecule has 17 heavy (non-hydrogen) atoms. The summed E-state index contributed by atoms with van der Waals surface area (Å²) in [7, 11) is 0. The van der Waals surface area contributed by atoms with Crippen LogP contribution in [0.3, 0.4) is 0 Å². The van der Waals surface area contributed by atoms with E-state index in [9.17, 15) is 0 Å². The summed E-state index contributed by atoms with van der Waals surface area (Å²) >= 11 is 3.76. The van der Waals surface area contributed by atoms with Gasteiger partial charge in [-0.15, -0.1) is 0 Å². The number of halogens is 1. The van der Waals surface area contributed by atoms with Crippen LogP contribution in [0.2, 0.25) is 0 Å². The second kappa shape index (κ2) is 3.42. The van der Waals surface area contributed by atoms with E-state index < -0.39 is 0 Å². The van der Waals surface area contributed by atoms with E-state index in [1.165, 1.54) is 40.4 Å². The van der Waals surface area contributed by atoms with Crippen LogP contribution in [0.5, 0.6) is 0 Å². The lowest BCUT2D eigenvalue weighted by Gasteiger charge is -2.20. The molecule has 0 aliphatic heterocycles. The Hall–Kier alpha value is -1.16. The summed E-state index contributed by atoms with van der Waals surface area (Å²) in [6, 6.07) is 4.28. The first kappa shape index (κ1) is 9.83. The second-order valence-corrected chi connectivity index (χ2v) is 5.85. The number of nitrogens with one attached hydrogen (secondary N) is 1. The second-order valence-electron chi connectivity index (χ2n) is 4.89. The molecule has 0 radical (unpaired) electrons. The van der Waals surface area contributed by atoms with Crippen LogP contribution >= 0.6 is 15.9 Å². The Morgan fingerprint density at radius 2 is 2.24 bits per heavy atom. The quantitative estimate of drug-likeness (QED) is 0.807. The topological polar surface area (TPSA) is 41.6 Å². The van der Waals surface area contributed by atoms with Gasteiger partial charge in [-0.25, -0.2) is 0 Å². The molecule has 86 valence electrons. The van der Waals surface area contributed by atoms with Crippen LogP contribution < -0.4 is 0 Å². The molecule has 0 saturated carbocycles. The normalized spacial score (nSPS) is 23.0. The first-order chi connectivity index (χ1) is 8.34. The Kier molecular flexibility index (Phi) is 1.98. The zero-order chi connectivity index (χ0) is 11.4. The van der Waals surface area contributed by atoms with E-state index in [0.29, 0.717) is 5.92 Å². The lowest BCUT2D eigenvalue weighted by Crippen LogP contribution is -2.05. The SMILES string of the molecule is BrC1=C2c3ccc4n[nH]nc4c3CC2CCC1. The molecule has 2 aromatic rings. The van der Waals surface area contributed by atoms with Gasteiger partial charge in [0.2, 0.25) is 0 Å². The minimum Gasteiger partial charge on any atom is -0.197 e. The van der Waals surface area contributed by atoms with Crippen LogP contribution in [0, 0.1) is 5.92 Å². The van der Waals surface area contributed by atoms with Crippen molar-refractivity contribution >= 4 is 32.5 Å². The summed E-state index contributed by atoms with van der Waals surface area (Å²) < 4.78 is 1.40. The summed E-state index contributed by atoms with van der Waals surface area (Å²) in [4.78, 5) is 0. The number of hydrogen-bond acceptors (Lipinski definition) is 2. The number of aromatic nitrogens is 3. The fourth-order valence-corrected chi connectivity index (χ4v) is 4.07. The standard InChI is InChI=1S/C13H12BrN3/c14-10-3-1-2-7-6-9-8(12(7)10)4-5-11-13(9)16-17-15-11/h4-5,7H,1-3,6H2,(H,15,16,17). The van der Waals surface area contributed by atoms with Crippen LogP contribution in [0.4, 0.5) is 0 Å². The zero-order valence-electron chi connectivity index (χ0n) is 9.33. The van der Waals surface area contributed by atoms with Crippen molar-refractivity contribution in [3.05, 3.63) is 27.7 Å². The van der Waals surface area contributed by atoms with E-state index in [1.54, 1.807) is 0 Å². The lowest BCUT2D eigenvalue weighted by atomic mass is 9.88. The molecular formula is C13H12BrN3. The highest BCUT2D eigenvalue weighted by Gasteiger charge is 2.32. The number of nitrogens with zero attached hydrogens (tertiary/aromatic N) is 2. The molecule has 3 nitrogen and oxygen atoms in total. The third kappa shape index (κ3) is 1.27. The van der Waals surface area contributed by atoms with Gasteiger partial charge >= 0.3 is 0 Å². The average molecular weight is 290 g/mol. The van der Waals surface area contributed by atoms with Gasteiger partial charge in [-0.2, -0.15) is 15.4 Å². The van der Waals surface area contributed by atoms with Crippen molar-refractivity contribution in [2.24, 2.45) is 5.92 Å². The van der Waals surface area contributed by atoms with Crippen LogP contribution in [0.15, 0.2) is 16.6 Å². The van der Waals surface area contributed by atoms with E-state index in [4.69, 9.17) is 0 Å². The molecule has 0 saturated heterocycles. The van der Waals surface area contributed by atoms with E-state index in [1.807, 2.05) is 0 Å². The van der Waals surface area contributed by atoms with E-state index in [0.717, 1.165) is 17.5 Å². The molecule has 1 N–H and O–H groups in total. The summed E-state index contributed by atoms with van der Waals surface area (Å²) in [5.74, 6) is 0.690. The molecule has 1 aromatic carbocycles. The number of hydrogen-bond donors (Lipinski definition) is 1. The highest BCUT2D eigenvalue weighted by atomic mass is 79.9. The van der Waals surface area contributed by atoms with Crippen molar-refractivity contribution in [2.75, 3.05) is 0 Å². The molecule has 1 unspecified atom stereocenters. The predicted molar refractivity (Wildman–Crippen MR) is 70.8 cm³/mol. The van der Waals surface area contributed by atoms with E-state index >= 15 is 0 Å². The maximum atomic E-state index is 4.30. The number of fused-ring (bicyclic) bond motifs is 5. The fourth-order valence-electron chi connectivity index (χ4n) is 3.25. The van der Waals surface area contributed by atoms with Crippen molar-refractivity contribution in [3.8, 4) is 0 Å². The number of aromatic amines is 1. The Balaban J connectivity index is 2.03. The number of H-pyrrole nitrogens is 1. The van der Waals surface area contributed by atoms with Gasteiger partial charge in [-0.3, -0.25) is 0 Å². The van der Waals surface area contributed by atoms with Gasteiger partial charge in [0.1, 0.15) is 11.0 Å². The van der Waals surface area contributed by atoms with Crippen molar-refractivity contribution in [1.29, 1.82) is 0 Å². The largest absolute Gasteiger partial charge is 0.197 e. The van der Waals surface area contributed by atoms with Crippen LogP contribution in [0.25, 0.3) is 16.6 Å². The predicted octanol–water partition coefficient (Wildman–Crippen LogP) is 3.42. The minimum atomic E-state index is 0.690. The summed E-state index contributed by atoms with van der Waals surface area (Å²) in [5, 5.41) is 11.2. The van der Waals surface area contributed by atoms with Gasteiger partial charge in [0.25, 0.3) is 0 Å². The summed E-state index contributed by atoms with van der Waals surface area (Å²) in [6.45, 7) is 0. The Bertz CT molecular complexity index is 641. The molecule has 1 heterocycles. The Morgan fingerprint density at radius 1 is 1.29 bits per heavy atom. The van der Waals surface area contributed by atoms with Crippen LogP contribution in [-0.4, -0.2) is 15.4 Å². The number of rotatable bonds is 0. The van der Waals surface area contributed by atoms with Crippen LogP contribution in [-0.2, 0) is 6.42 Å². The highest BCUT2D eigenvalue weighted by molar-refractivity contribution is 9.11. The first-order valence-electron chi connectivity index (χ1n) is 6.06. The molecule has 4 heteroatoms. The fraction of sp³-hybridized carbons (Fsp3) is 0.385. The lowest BCUT2D eigenvalue weighted by molar-refractivity contribution is 0.571. The monoisotopic (exact) mass is 289 g/mol.